The van der Waals surface area contributed by atoms with E-state index in [0.29, 0.717) is 29.2 Å². The Morgan fingerprint density at radius 1 is 1.00 bits per heavy atom. The Morgan fingerprint density at radius 2 is 1.73 bits per heavy atom. The summed E-state index contributed by atoms with van der Waals surface area (Å²) in [6, 6.07) is 16.1. The Morgan fingerprint density at radius 3 is 2.38 bits per heavy atom. The number of hydrogen-bond donors (Lipinski definition) is 5. The van der Waals surface area contributed by atoms with Gasteiger partial charge in [-0.3, -0.25) is 19.4 Å². The van der Waals surface area contributed by atoms with Crippen LogP contribution in [0.5, 0.6) is 0 Å². The minimum atomic E-state index is -0.867. The maximum Gasteiger partial charge on any atom is 0.417 e. The predicted octanol–water partition coefficient (Wildman–Crippen LogP) is 5.89. The lowest BCUT2D eigenvalue weighted by atomic mass is 9.81. The zero-order valence-electron chi connectivity index (χ0n) is 26.8. The number of anilines is 1. The summed E-state index contributed by atoms with van der Waals surface area (Å²) in [5, 5.41) is 9.13. The van der Waals surface area contributed by atoms with E-state index in [1.165, 1.54) is 6.07 Å². The van der Waals surface area contributed by atoms with E-state index in [1.54, 1.807) is 6.07 Å². The Balaban J connectivity index is 0.00000451. The minimum Gasteiger partial charge on any atom is -0.406 e. The summed E-state index contributed by atoms with van der Waals surface area (Å²) in [6.07, 6.45) is 6.73. The third-order valence-corrected chi connectivity index (χ3v) is 9.84. The molecule has 254 valence electrons. The first-order chi connectivity index (χ1) is 22.7. The number of amides is 3. The van der Waals surface area contributed by atoms with Crippen LogP contribution in [-0.4, -0.2) is 41.3 Å². The van der Waals surface area contributed by atoms with Gasteiger partial charge in [-0.1, -0.05) is 41.9 Å². The molecule has 1 atom stereocenters. The molecule has 0 saturated heterocycles. The van der Waals surface area contributed by atoms with Gasteiger partial charge in [0, 0.05) is 29.6 Å². The lowest BCUT2D eigenvalue weighted by Gasteiger charge is -2.28. The molecule has 10 nitrogen and oxygen atoms in total. The predicted molar refractivity (Wildman–Crippen MR) is 190 cm³/mol. The highest BCUT2D eigenvalue weighted by Gasteiger charge is 2.30. The fraction of sp³-hybridized carbons (Fsp3) is 0.389. The van der Waals surface area contributed by atoms with Crippen molar-refractivity contribution in [3.05, 3.63) is 86.9 Å². The topological polar surface area (TPSA) is 159 Å². The van der Waals surface area contributed by atoms with Crippen molar-refractivity contribution >= 4 is 58.5 Å². The highest BCUT2D eigenvalue weighted by molar-refractivity contribution is 6.35. The Labute approximate surface area is 290 Å². The van der Waals surface area contributed by atoms with Crippen molar-refractivity contribution in [1.29, 1.82) is 0 Å². The van der Waals surface area contributed by atoms with Crippen LogP contribution in [0.25, 0.3) is 22.2 Å². The van der Waals surface area contributed by atoms with Gasteiger partial charge in [0.15, 0.2) is 5.58 Å². The molecule has 3 amide bonds. The summed E-state index contributed by atoms with van der Waals surface area (Å²) < 4.78 is 5.07. The van der Waals surface area contributed by atoms with E-state index in [9.17, 15) is 19.2 Å². The second-order valence-corrected chi connectivity index (χ2v) is 13.3. The van der Waals surface area contributed by atoms with Crippen molar-refractivity contribution in [2.45, 2.75) is 70.4 Å². The molecule has 12 heteroatoms. The van der Waals surface area contributed by atoms with Crippen molar-refractivity contribution in [2.75, 3.05) is 11.9 Å². The van der Waals surface area contributed by atoms with Gasteiger partial charge in [-0.05, 0) is 111 Å². The highest BCUT2D eigenvalue weighted by atomic mass is 35.5. The minimum absolute atomic E-state index is 0. The Bertz CT molecular complexity index is 1840. The number of carbonyl (C=O) groups excluding carboxylic acids is 3. The molecule has 0 bridgehead atoms. The monoisotopic (exact) mass is 693 g/mol. The number of aromatic amines is 1. The average molecular weight is 695 g/mol. The number of rotatable bonds is 10. The molecule has 4 aromatic rings. The van der Waals surface area contributed by atoms with Crippen LogP contribution < -0.4 is 27.4 Å². The third kappa shape index (κ3) is 8.11. The maximum absolute atomic E-state index is 13.7. The smallest absolute Gasteiger partial charge is 0.406 e. The van der Waals surface area contributed by atoms with Gasteiger partial charge in [-0.2, -0.15) is 0 Å². The molecule has 2 saturated carbocycles. The number of carbonyl (C=O) groups is 3. The zero-order chi connectivity index (χ0) is 33.1. The van der Waals surface area contributed by atoms with Crippen molar-refractivity contribution in [3.63, 3.8) is 0 Å². The number of aromatic nitrogens is 1. The van der Waals surface area contributed by atoms with E-state index in [0.717, 1.165) is 67.2 Å². The standard InChI is InChI=1S/C36H40ClN5O5.ClH/c1-20-15-25(34(44)39-26-3-2-4-26)13-14-28(20)23-9-5-21(6-10-23)16-31(41-33(43)24-11-7-22(19-38)8-12-24)35(45)40-27-17-29(37)32-30(18-27)42-36(46)47-32;/h5-6,9-10,13-15,17-18,22,24,26,31H,2-4,7-8,11-12,16,19,38H2,1H3,(H,39,44)(H,40,45)(H,41,43)(H,42,46);1H/t22?,24?,31-;/m0./s1. The van der Waals surface area contributed by atoms with Crippen LogP contribution >= 0.6 is 24.0 Å². The number of benzene rings is 3. The van der Waals surface area contributed by atoms with E-state index >= 15 is 0 Å². The van der Waals surface area contributed by atoms with Gasteiger partial charge in [0.25, 0.3) is 5.91 Å². The number of nitrogens with two attached hydrogens (primary N) is 1. The normalized spacial score (nSPS) is 18.3. The van der Waals surface area contributed by atoms with E-state index in [1.807, 2.05) is 49.4 Å². The van der Waals surface area contributed by atoms with Crippen molar-refractivity contribution in [3.8, 4) is 11.1 Å². The average Bonchev–Trinajstić information content (AvgIpc) is 3.43. The molecule has 2 fully saturated rings. The Kier molecular flexibility index (Phi) is 11.3. The second kappa shape index (κ2) is 15.4. The summed E-state index contributed by atoms with van der Waals surface area (Å²) in [7, 11) is 0. The van der Waals surface area contributed by atoms with Crippen LogP contribution in [0.4, 0.5) is 5.69 Å². The molecular weight excluding hydrogens is 653 g/mol. The molecule has 0 aliphatic heterocycles. The van der Waals surface area contributed by atoms with Crippen molar-refractivity contribution in [1.82, 2.24) is 15.6 Å². The van der Waals surface area contributed by atoms with Crippen LogP contribution in [-0.2, 0) is 16.0 Å². The van der Waals surface area contributed by atoms with Gasteiger partial charge in [-0.15, -0.1) is 12.4 Å². The van der Waals surface area contributed by atoms with Crippen LogP contribution in [0.15, 0.2) is 63.8 Å². The largest absolute Gasteiger partial charge is 0.417 e. The summed E-state index contributed by atoms with van der Waals surface area (Å²) in [5.41, 5.74) is 11.3. The summed E-state index contributed by atoms with van der Waals surface area (Å²) in [6.45, 7) is 2.60. The molecule has 48 heavy (non-hydrogen) atoms. The van der Waals surface area contributed by atoms with Gasteiger partial charge >= 0.3 is 5.76 Å². The lowest BCUT2D eigenvalue weighted by Crippen LogP contribution is -2.48. The number of nitrogens with one attached hydrogen (secondary N) is 4. The molecule has 6 N–H and O–H groups in total. The molecule has 1 heterocycles. The number of hydrogen-bond acceptors (Lipinski definition) is 6. The molecule has 2 aliphatic carbocycles. The SMILES string of the molecule is Cc1cc(C(=O)NC2CCC2)ccc1-c1ccc(C[C@H](NC(=O)C2CCC(CN)CC2)C(=O)Nc2cc(Cl)c3oc(=O)[nH]c3c2)cc1.Cl. The van der Waals surface area contributed by atoms with Crippen LogP contribution in [0.2, 0.25) is 5.02 Å². The van der Waals surface area contributed by atoms with Crippen LogP contribution in [0.1, 0.15) is 66.4 Å². The molecule has 6 rings (SSSR count). The van der Waals surface area contributed by atoms with Crippen molar-refractivity contribution in [2.24, 2.45) is 17.6 Å². The molecule has 3 aromatic carbocycles. The van der Waals surface area contributed by atoms with Crippen LogP contribution in [0, 0.1) is 18.8 Å². The van der Waals surface area contributed by atoms with Gasteiger partial charge in [0.05, 0.1) is 10.5 Å². The zero-order valence-corrected chi connectivity index (χ0v) is 28.3. The summed E-state index contributed by atoms with van der Waals surface area (Å²) in [5.74, 6) is -1.01. The quantitative estimate of drug-likeness (QED) is 0.139. The molecule has 2 aliphatic rings. The number of aryl methyl sites for hydroxylation is 1. The molecule has 1 aromatic heterocycles. The maximum atomic E-state index is 13.7. The van der Waals surface area contributed by atoms with E-state index < -0.39 is 17.7 Å². The fourth-order valence-corrected chi connectivity index (χ4v) is 6.74. The van der Waals surface area contributed by atoms with E-state index in [2.05, 4.69) is 20.9 Å². The van der Waals surface area contributed by atoms with Gasteiger partial charge in [0.2, 0.25) is 11.8 Å². The first-order valence-corrected chi connectivity index (χ1v) is 16.7. The molecule has 0 unspecified atom stereocenters. The number of H-pyrrole nitrogens is 1. The lowest BCUT2D eigenvalue weighted by molar-refractivity contribution is -0.130. The molecule has 0 radical (unpaired) electrons. The molecule has 0 spiro atoms. The molecular formula is C36H41Cl2N5O5. The fourth-order valence-electron chi connectivity index (χ4n) is 6.49. The second-order valence-electron chi connectivity index (χ2n) is 12.9. The third-order valence-electron chi connectivity index (χ3n) is 9.56. The van der Waals surface area contributed by atoms with Crippen molar-refractivity contribution < 1.29 is 18.8 Å². The summed E-state index contributed by atoms with van der Waals surface area (Å²) >= 11 is 6.30. The highest BCUT2D eigenvalue weighted by Crippen LogP contribution is 2.30. The number of oxazole rings is 1. The van der Waals surface area contributed by atoms with Gasteiger partial charge < -0.3 is 26.1 Å². The summed E-state index contributed by atoms with van der Waals surface area (Å²) in [4.78, 5) is 53.9. The van der Waals surface area contributed by atoms with E-state index in [4.69, 9.17) is 21.8 Å². The Hall–Kier alpha value is -4.12. The van der Waals surface area contributed by atoms with E-state index in [-0.39, 0.29) is 53.2 Å². The number of fused-ring (bicyclic) bond motifs is 1. The van der Waals surface area contributed by atoms with Gasteiger partial charge in [0.1, 0.15) is 6.04 Å². The van der Waals surface area contributed by atoms with Crippen LogP contribution in [0.3, 0.4) is 0 Å². The first-order valence-electron chi connectivity index (χ1n) is 16.3. The number of halogens is 2. The van der Waals surface area contributed by atoms with Gasteiger partial charge in [-0.25, -0.2) is 4.79 Å². The first kappa shape index (κ1) is 35.2.